The summed E-state index contributed by atoms with van der Waals surface area (Å²) in [6.07, 6.45) is 0.987. The van der Waals surface area contributed by atoms with E-state index in [1.807, 2.05) is 6.92 Å². The number of nitrogens with zero attached hydrogens (tertiary/aromatic N) is 4. The van der Waals surface area contributed by atoms with E-state index in [2.05, 4.69) is 30.4 Å². The van der Waals surface area contributed by atoms with Crippen LogP contribution in [0.15, 0.2) is 8.68 Å². The second kappa shape index (κ2) is 8.18. The molecular weight excluding hydrogens is 392 g/mol. The normalized spacial score (nSPS) is 11.7. The van der Waals surface area contributed by atoms with Crippen LogP contribution in [0.3, 0.4) is 0 Å². The first-order valence-corrected chi connectivity index (χ1v) is 11.1. The zero-order chi connectivity index (χ0) is 17.7. The molecule has 2 rings (SSSR count). The Kier molecular flexibility index (Phi) is 6.48. The first-order valence-electron chi connectivity index (χ1n) is 6.95. The highest BCUT2D eigenvalue weighted by atomic mass is 32.2. The van der Waals surface area contributed by atoms with Crippen molar-refractivity contribution < 1.29 is 13.2 Å². The van der Waals surface area contributed by atoms with Gasteiger partial charge < -0.3 is 5.32 Å². The van der Waals surface area contributed by atoms with E-state index < -0.39 is 10.0 Å². The first-order chi connectivity index (χ1) is 11.3. The number of thioether (sulfide) groups is 1. The highest BCUT2D eigenvalue weighted by molar-refractivity contribution is 8.01. The van der Waals surface area contributed by atoms with Gasteiger partial charge in [0.2, 0.25) is 16.2 Å². The van der Waals surface area contributed by atoms with Crippen LogP contribution in [0.4, 0.5) is 10.3 Å². The van der Waals surface area contributed by atoms with Gasteiger partial charge in [-0.3, -0.25) is 9.52 Å². The Morgan fingerprint density at radius 2 is 1.88 bits per heavy atom. The molecule has 2 heterocycles. The number of aromatic nitrogens is 4. The number of carbonyl (C=O) groups is 1. The quantitative estimate of drug-likeness (QED) is 0.503. The van der Waals surface area contributed by atoms with Crippen LogP contribution in [-0.2, 0) is 14.8 Å². The highest BCUT2D eigenvalue weighted by Gasteiger charge is 2.23. The minimum absolute atomic E-state index is 0.130. The minimum Gasteiger partial charge on any atom is -0.300 e. The molecule has 0 radical (unpaired) electrons. The summed E-state index contributed by atoms with van der Waals surface area (Å²) in [4.78, 5) is 11.6. The third-order valence-electron chi connectivity index (χ3n) is 2.45. The van der Waals surface area contributed by atoms with E-state index in [0.29, 0.717) is 4.34 Å². The number of carbonyl (C=O) groups excluding carboxylic acids is 1. The van der Waals surface area contributed by atoms with Gasteiger partial charge >= 0.3 is 0 Å². The summed E-state index contributed by atoms with van der Waals surface area (Å²) < 4.78 is 27.3. The summed E-state index contributed by atoms with van der Waals surface area (Å²) in [6, 6.07) is 0. The van der Waals surface area contributed by atoms with E-state index in [1.54, 1.807) is 13.8 Å². The summed E-state index contributed by atoms with van der Waals surface area (Å²) in [5.41, 5.74) is 0. The molecule has 0 spiro atoms. The predicted octanol–water partition coefficient (Wildman–Crippen LogP) is 2.29. The SMILES string of the molecule is CCCSc1nnc(NS(=O)(=O)c2nnc(NC(=O)C(C)C)s2)s1. The summed E-state index contributed by atoms with van der Waals surface area (Å²) in [5, 5.41) is 17.8. The van der Waals surface area contributed by atoms with E-state index in [4.69, 9.17) is 0 Å². The molecule has 2 N–H and O–H groups in total. The first kappa shape index (κ1) is 19.0. The molecule has 0 aliphatic heterocycles. The summed E-state index contributed by atoms with van der Waals surface area (Å²) >= 11 is 3.44. The van der Waals surface area contributed by atoms with Crippen LogP contribution in [0.25, 0.3) is 0 Å². The second-order valence-corrected chi connectivity index (χ2v) is 10.00. The Hall–Kier alpha value is -1.31. The van der Waals surface area contributed by atoms with Crippen LogP contribution in [0.2, 0.25) is 0 Å². The molecule has 2 aromatic heterocycles. The maximum atomic E-state index is 12.3. The van der Waals surface area contributed by atoms with Gasteiger partial charge in [-0.25, -0.2) is 0 Å². The van der Waals surface area contributed by atoms with Gasteiger partial charge in [0.15, 0.2) is 4.34 Å². The Morgan fingerprint density at radius 1 is 1.17 bits per heavy atom. The molecule has 0 saturated carbocycles. The van der Waals surface area contributed by atoms with Crippen LogP contribution < -0.4 is 10.0 Å². The number of anilines is 2. The molecule has 0 atom stereocenters. The van der Waals surface area contributed by atoms with Crippen molar-refractivity contribution in [2.75, 3.05) is 15.8 Å². The van der Waals surface area contributed by atoms with E-state index in [1.165, 1.54) is 11.8 Å². The van der Waals surface area contributed by atoms with Crippen LogP contribution >= 0.6 is 34.4 Å². The van der Waals surface area contributed by atoms with Crippen LogP contribution in [0.5, 0.6) is 0 Å². The van der Waals surface area contributed by atoms with Crippen LogP contribution in [-0.4, -0.2) is 40.5 Å². The van der Waals surface area contributed by atoms with Gasteiger partial charge in [-0.2, -0.15) is 8.42 Å². The van der Waals surface area contributed by atoms with Gasteiger partial charge in [-0.1, -0.05) is 55.2 Å². The Morgan fingerprint density at radius 3 is 2.54 bits per heavy atom. The summed E-state index contributed by atoms with van der Waals surface area (Å²) in [5.74, 6) is 0.383. The maximum Gasteiger partial charge on any atom is 0.293 e. The average molecular weight is 409 g/mol. The van der Waals surface area contributed by atoms with Gasteiger partial charge in [0.25, 0.3) is 14.4 Å². The number of amides is 1. The predicted molar refractivity (Wildman–Crippen MR) is 95.1 cm³/mol. The molecule has 0 unspecified atom stereocenters. The molecule has 13 heteroatoms. The molecule has 0 aliphatic rings. The van der Waals surface area contributed by atoms with E-state index in [-0.39, 0.29) is 26.4 Å². The molecule has 24 heavy (non-hydrogen) atoms. The lowest BCUT2D eigenvalue weighted by atomic mass is 10.2. The third-order valence-corrected chi connectivity index (χ3v) is 7.30. The standard InChI is InChI=1S/C11H16N6O3S4/c1-4-5-21-10-15-14-9(22-10)17-24(19,20)11-16-13-8(23-11)12-7(18)6(2)3/h6H,4-5H2,1-3H3,(H,14,17)(H,12,13,18). The number of nitrogens with one attached hydrogen (secondary N) is 2. The average Bonchev–Trinajstić information content (AvgIpc) is 3.14. The third kappa shape index (κ3) is 5.09. The van der Waals surface area contributed by atoms with Crippen molar-refractivity contribution >= 4 is 60.6 Å². The fraction of sp³-hybridized carbons (Fsp3) is 0.545. The van der Waals surface area contributed by atoms with Crippen molar-refractivity contribution in [3.8, 4) is 0 Å². The lowest BCUT2D eigenvalue weighted by Crippen LogP contribution is -2.17. The molecule has 0 fully saturated rings. The number of hydrogen-bond donors (Lipinski definition) is 2. The van der Waals surface area contributed by atoms with Gasteiger partial charge in [0, 0.05) is 11.7 Å². The molecule has 9 nitrogen and oxygen atoms in total. The number of sulfonamides is 1. The zero-order valence-electron chi connectivity index (χ0n) is 13.1. The van der Waals surface area contributed by atoms with Crippen LogP contribution in [0, 0.1) is 5.92 Å². The molecule has 1 amide bonds. The molecule has 132 valence electrons. The number of rotatable bonds is 8. The molecule has 2 aromatic rings. The summed E-state index contributed by atoms with van der Waals surface area (Å²) in [7, 11) is -3.91. The van der Waals surface area contributed by atoms with Crippen molar-refractivity contribution in [3.05, 3.63) is 0 Å². The highest BCUT2D eigenvalue weighted by Crippen LogP contribution is 2.28. The van der Waals surface area contributed by atoms with Gasteiger partial charge in [0.05, 0.1) is 0 Å². The Labute approximate surface area is 151 Å². The molecular formula is C11H16N6O3S4. The van der Waals surface area contributed by atoms with E-state index in [9.17, 15) is 13.2 Å². The van der Waals surface area contributed by atoms with Crippen molar-refractivity contribution in [2.45, 2.75) is 35.9 Å². The van der Waals surface area contributed by atoms with Crippen molar-refractivity contribution in [1.29, 1.82) is 0 Å². The lowest BCUT2D eigenvalue weighted by Gasteiger charge is -2.02. The smallest absolute Gasteiger partial charge is 0.293 e. The molecule has 0 bridgehead atoms. The second-order valence-electron chi connectivity index (χ2n) is 4.84. The molecule has 0 aliphatic carbocycles. The topological polar surface area (TPSA) is 127 Å². The van der Waals surface area contributed by atoms with Gasteiger partial charge in [-0.05, 0) is 6.42 Å². The van der Waals surface area contributed by atoms with Crippen molar-refractivity contribution in [2.24, 2.45) is 5.92 Å². The van der Waals surface area contributed by atoms with Crippen molar-refractivity contribution in [1.82, 2.24) is 20.4 Å². The number of hydrogen-bond acceptors (Lipinski definition) is 10. The molecule has 0 aromatic carbocycles. The van der Waals surface area contributed by atoms with Crippen molar-refractivity contribution in [3.63, 3.8) is 0 Å². The van der Waals surface area contributed by atoms with Gasteiger partial charge in [0.1, 0.15) is 0 Å². The van der Waals surface area contributed by atoms with Gasteiger partial charge in [-0.15, -0.1) is 20.4 Å². The maximum absolute atomic E-state index is 12.3. The Balaban J connectivity index is 2.06. The Bertz CT molecular complexity index is 800. The fourth-order valence-electron chi connectivity index (χ4n) is 1.28. The minimum atomic E-state index is -3.91. The lowest BCUT2D eigenvalue weighted by molar-refractivity contribution is -0.118. The fourth-order valence-corrected chi connectivity index (χ4v) is 5.09. The van der Waals surface area contributed by atoms with Crippen LogP contribution in [0.1, 0.15) is 27.2 Å². The van der Waals surface area contributed by atoms with E-state index >= 15 is 0 Å². The zero-order valence-corrected chi connectivity index (χ0v) is 16.4. The largest absolute Gasteiger partial charge is 0.300 e. The summed E-state index contributed by atoms with van der Waals surface area (Å²) in [6.45, 7) is 5.49. The monoisotopic (exact) mass is 408 g/mol. The molecule has 0 saturated heterocycles. The van der Waals surface area contributed by atoms with E-state index in [0.717, 1.165) is 34.8 Å².